The van der Waals surface area contributed by atoms with Crippen molar-refractivity contribution in [3.05, 3.63) is 65.2 Å². The number of primary sulfonamides is 1. The minimum atomic E-state index is -3.71. The molecule has 0 aliphatic carbocycles. The first-order valence-corrected chi connectivity index (χ1v) is 8.58. The summed E-state index contributed by atoms with van der Waals surface area (Å²) in [5, 5.41) is 5.03. The third-order valence-electron chi connectivity index (χ3n) is 3.25. The molecule has 2 rings (SSSR count). The average Bonchev–Trinajstić information content (AvgIpc) is 2.53. The van der Waals surface area contributed by atoms with E-state index < -0.39 is 21.6 Å². The van der Waals surface area contributed by atoms with Crippen LogP contribution in [0.5, 0.6) is 0 Å². The first-order valence-electron chi connectivity index (χ1n) is 7.03. The highest BCUT2D eigenvalue weighted by molar-refractivity contribution is 7.89. The van der Waals surface area contributed by atoms with Gasteiger partial charge in [0.25, 0.3) is 0 Å². The minimum absolute atomic E-state index is 0.0348. The third-order valence-corrected chi connectivity index (χ3v) is 4.17. The molecule has 0 aromatic heterocycles. The molecular weight excluding hydrogens is 326 g/mol. The van der Waals surface area contributed by atoms with Crippen LogP contribution >= 0.6 is 0 Å². The molecule has 6 heteroatoms. The smallest absolute Gasteiger partial charge is 0.238 e. The minimum Gasteiger partial charge on any atom is -0.291 e. The van der Waals surface area contributed by atoms with Gasteiger partial charge in [-0.1, -0.05) is 24.0 Å². The van der Waals surface area contributed by atoms with Gasteiger partial charge in [0, 0.05) is 24.5 Å². The number of carbonyl (C=O) groups is 2. The van der Waals surface area contributed by atoms with Gasteiger partial charge in [-0.15, -0.1) is 0 Å². The summed E-state index contributed by atoms with van der Waals surface area (Å²) in [4.78, 5) is 22.4. The molecule has 2 N–H and O–H groups in total. The molecule has 2 aromatic rings. The monoisotopic (exact) mass is 341 g/mol. The Morgan fingerprint density at radius 1 is 0.917 bits per heavy atom. The maximum atomic E-state index is 11.4. The number of carbonyl (C=O) groups excluding carboxylic acids is 2. The van der Waals surface area contributed by atoms with Crippen LogP contribution in [0.15, 0.2) is 53.4 Å². The Morgan fingerprint density at radius 3 is 1.79 bits per heavy atom. The van der Waals surface area contributed by atoms with Gasteiger partial charge in [-0.3, -0.25) is 9.59 Å². The Balaban J connectivity index is 2.11. The van der Waals surface area contributed by atoms with E-state index in [0.717, 1.165) is 11.1 Å². The van der Waals surface area contributed by atoms with Crippen molar-refractivity contribution < 1.29 is 18.0 Å². The number of rotatable bonds is 4. The highest BCUT2D eigenvalue weighted by Gasteiger charge is 2.08. The first kappa shape index (κ1) is 17.6. The predicted molar refractivity (Wildman–Crippen MR) is 89.6 cm³/mol. The van der Waals surface area contributed by atoms with Crippen LogP contribution in [0.4, 0.5) is 0 Å². The zero-order chi connectivity index (χ0) is 17.7. The zero-order valence-electron chi connectivity index (χ0n) is 12.9. The van der Waals surface area contributed by atoms with Crippen LogP contribution in [0.2, 0.25) is 0 Å². The summed E-state index contributed by atoms with van der Waals surface area (Å²) in [7, 11) is -3.71. The number of benzene rings is 2. The Bertz CT molecular complexity index is 931. The molecular formula is C18H15NO4S. The van der Waals surface area contributed by atoms with E-state index in [2.05, 4.69) is 11.8 Å². The molecule has 122 valence electrons. The van der Waals surface area contributed by atoms with Gasteiger partial charge in [-0.2, -0.15) is 0 Å². The van der Waals surface area contributed by atoms with Gasteiger partial charge in [0.15, 0.2) is 5.78 Å². The van der Waals surface area contributed by atoms with E-state index in [9.17, 15) is 18.0 Å². The zero-order valence-corrected chi connectivity index (χ0v) is 13.8. The van der Waals surface area contributed by atoms with Crippen LogP contribution in [-0.4, -0.2) is 20.0 Å². The molecule has 0 heterocycles. The van der Waals surface area contributed by atoms with Crippen LogP contribution < -0.4 is 5.14 Å². The van der Waals surface area contributed by atoms with Gasteiger partial charge in [0.1, 0.15) is 0 Å². The molecule has 0 unspecified atom stereocenters. The molecule has 24 heavy (non-hydrogen) atoms. The highest BCUT2D eigenvalue weighted by Crippen LogP contribution is 2.09. The van der Waals surface area contributed by atoms with Gasteiger partial charge in [0.2, 0.25) is 15.8 Å². The normalized spacial score (nSPS) is 10.6. The summed E-state index contributed by atoms with van der Waals surface area (Å²) in [5.74, 6) is 4.97. The molecule has 0 bridgehead atoms. The fraction of sp³-hybridized carbons (Fsp3) is 0.111. The average molecular weight is 341 g/mol. The maximum absolute atomic E-state index is 11.4. The van der Waals surface area contributed by atoms with Crippen molar-refractivity contribution in [2.45, 2.75) is 18.2 Å². The van der Waals surface area contributed by atoms with Gasteiger partial charge >= 0.3 is 0 Å². The molecule has 0 amide bonds. The van der Waals surface area contributed by atoms with E-state index in [0.29, 0.717) is 5.56 Å². The Hall–Kier alpha value is -2.75. The fourth-order valence-electron chi connectivity index (χ4n) is 1.89. The number of Topliss-reactive ketones (excluding diaryl/α,β-unsaturated/α-hetero) is 2. The molecule has 0 radical (unpaired) electrons. The van der Waals surface area contributed by atoms with Gasteiger partial charge in [-0.25, -0.2) is 13.6 Å². The Morgan fingerprint density at radius 2 is 1.38 bits per heavy atom. The van der Waals surface area contributed by atoms with Crippen molar-refractivity contribution in [3.63, 3.8) is 0 Å². The number of ketones is 2. The highest BCUT2D eigenvalue weighted by atomic mass is 32.2. The summed E-state index contributed by atoms with van der Waals surface area (Å²) >= 11 is 0. The van der Waals surface area contributed by atoms with E-state index in [1.807, 2.05) is 0 Å². The number of hydrogen-bond donors (Lipinski definition) is 1. The molecule has 0 saturated heterocycles. The second-order valence-corrected chi connectivity index (χ2v) is 6.73. The lowest BCUT2D eigenvalue weighted by molar-refractivity contribution is -0.134. The molecule has 0 atom stereocenters. The maximum Gasteiger partial charge on any atom is 0.238 e. The van der Waals surface area contributed by atoms with E-state index in [1.54, 1.807) is 36.4 Å². The molecule has 0 aliphatic heterocycles. The van der Waals surface area contributed by atoms with Crippen molar-refractivity contribution in [1.29, 1.82) is 0 Å². The summed E-state index contributed by atoms with van der Waals surface area (Å²) in [5.41, 5.74) is 2.14. The molecule has 0 fully saturated rings. The largest absolute Gasteiger partial charge is 0.291 e. The van der Waals surface area contributed by atoms with Gasteiger partial charge in [-0.05, 0) is 42.0 Å². The van der Waals surface area contributed by atoms with Crippen molar-refractivity contribution in [2.24, 2.45) is 5.14 Å². The van der Waals surface area contributed by atoms with Crippen LogP contribution in [0.3, 0.4) is 0 Å². The Labute approximate surface area is 140 Å². The summed E-state index contributed by atoms with van der Waals surface area (Å²) in [6.45, 7) is 1.25. The van der Waals surface area contributed by atoms with Crippen molar-refractivity contribution in [2.75, 3.05) is 0 Å². The van der Waals surface area contributed by atoms with Crippen molar-refractivity contribution >= 4 is 21.6 Å². The van der Waals surface area contributed by atoms with Gasteiger partial charge in [0.05, 0.1) is 4.90 Å². The molecule has 0 spiro atoms. The molecule has 0 saturated carbocycles. The van der Waals surface area contributed by atoms with Gasteiger partial charge < -0.3 is 0 Å². The second kappa shape index (κ2) is 7.21. The molecule has 0 aliphatic rings. The standard InChI is InChI=1S/C18H15NO4S/c1-13(20)18(21)12-16-6-4-14(5-7-16)2-3-15-8-10-17(11-9-15)24(19,22)23/h4-11H,12H2,1H3,(H2,19,22,23). The van der Waals surface area contributed by atoms with Crippen molar-refractivity contribution in [3.8, 4) is 11.8 Å². The quantitative estimate of drug-likeness (QED) is 0.672. The van der Waals surface area contributed by atoms with E-state index >= 15 is 0 Å². The number of sulfonamides is 1. The molecule has 2 aromatic carbocycles. The fourth-order valence-corrected chi connectivity index (χ4v) is 2.40. The van der Waals surface area contributed by atoms with E-state index in [4.69, 9.17) is 5.14 Å². The number of nitrogens with two attached hydrogens (primary N) is 1. The molecule has 5 nitrogen and oxygen atoms in total. The lowest BCUT2D eigenvalue weighted by Crippen LogP contribution is -2.12. The van der Waals surface area contributed by atoms with Crippen LogP contribution in [0.1, 0.15) is 23.6 Å². The lowest BCUT2D eigenvalue weighted by atomic mass is 10.1. The van der Waals surface area contributed by atoms with Crippen LogP contribution in [-0.2, 0) is 26.0 Å². The van der Waals surface area contributed by atoms with Crippen LogP contribution in [0.25, 0.3) is 0 Å². The predicted octanol–water partition coefficient (Wildman–Crippen LogP) is 1.43. The Kier molecular flexibility index (Phi) is 5.29. The van der Waals surface area contributed by atoms with E-state index in [-0.39, 0.29) is 11.3 Å². The topological polar surface area (TPSA) is 94.3 Å². The van der Waals surface area contributed by atoms with Crippen LogP contribution in [0, 0.1) is 11.8 Å². The summed E-state index contributed by atoms with van der Waals surface area (Å²) in [6, 6.07) is 13.0. The third kappa shape index (κ3) is 4.88. The first-order chi connectivity index (χ1) is 11.3. The SMILES string of the molecule is CC(=O)C(=O)Cc1ccc(C#Cc2ccc(S(N)(=O)=O)cc2)cc1. The number of hydrogen-bond acceptors (Lipinski definition) is 4. The second-order valence-electron chi connectivity index (χ2n) is 5.17. The summed E-state index contributed by atoms with van der Waals surface area (Å²) in [6.07, 6.45) is 0.0814. The van der Waals surface area contributed by atoms with E-state index in [1.165, 1.54) is 19.1 Å². The van der Waals surface area contributed by atoms with Crippen molar-refractivity contribution in [1.82, 2.24) is 0 Å². The lowest BCUT2D eigenvalue weighted by Gasteiger charge is -1.99. The summed E-state index contributed by atoms with van der Waals surface area (Å²) < 4.78 is 22.3.